The van der Waals surface area contributed by atoms with Gasteiger partial charge in [-0.15, -0.1) is 11.3 Å². The van der Waals surface area contributed by atoms with Gasteiger partial charge in [0.25, 0.3) is 5.91 Å². The molecule has 7 heteroatoms. The van der Waals surface area contributed by atoms with Crippen LogP contribution in [0.15, 0.2) is 12.1 Å². The number of carbonyl (C=O) groups excluding carboxylic acids is 2. The fraction of sp³-hybridized carbons (Fsp3) is 0.462. The van der Waals surface area contributed by atoms with E-state index < -0.39 is 11.5 Å². The molecule has 20 heavy (non-hydrogen) atoms. The largest absolute Gasteiger partial charge is 0.480 e. The van der Waals surface area contributed by atoms with Gasteiger partial charge in [0, 0.05) is 13.5 Å². The number of aliphatic carboxylic acids is 1. The monoisotopic (exact) mass is 298 g/mol. The normalized spacial score (nSPS) is 11.0. The van der Waals surface area contributed by atoms with Crippen molar-refractivity contribution >= 4 is 34.1 Å². The number of rotatable bonds is 5. The molecule has 0 atom stereocenters. The van der Waals surface area contributed by atoms with Crippen molar-refractivity contribution in [3.05, 3.63) is 17.0 Å². The Bertz CT molecular complexity index is 536. The maximum Gasteiger partial charge on any atom is 0.329 e. The number of carboxylic acid groups (broad SMARTS) is 1. The predicted octanol–water partition coefficient (Wildman–Crippen LogP) is 2.03. The Hall–Kier alpha value is -1.89. The van der Waals surface area contributed by atoms with E-state index in [9.17, 15) is 19.5 Å². The molecule has 2 N–H and O–H groups in total. The Morgan fingerprint density at radius 3 is 2.40 bits per heavy atom. The quantitative estimate of drug-likeness (QED) is 0.870. The molecule has 0 fully saturated rings. The van der Waals surface area contributed by atoms with Gasteiger partial charge in [0.1, 0.15) is 5.54 Å². The highest BCUT2D eigenvalue weighted by atomic mass is 32.1. The highest BCUT2D eigenvalue weighted by Crippen LogP contribution is 2.26. The van der Waals surface area contributed by atoms with Crippen LogP contribution in [-0.4, -0.2) is 39.9 Å². The van der Waals surface area contributed by atoms with Crippen molar-refractivity contribution in [2.45, 2.75) is 33.2 Å². The number of hydrogen-bond acceptors (Lipinski definition) is 4. The van der Waals surface area contributed by atoms with E-state index >= 15 is 0 Å². The van der Waals surface area contributed by atoms with E-state index in [0.29, 0.717) is 9.88 Å². The van der Waals surface area contributed by atoms with Gasteiger partial charge in [0.2, 0.25) is 5.91 Å². The zero-order valence-corrected chi connectivity index (χ0v) is 12.7. The van der Waals surface area contributed by atoms with Crippen LogP contribution in [0.5, 0.6) is 0 Å². The second-order valence-electron chi connectivity index (χ2n) is 4.76. The van der Waals surface area contributed by atoms with Crippen LogP contribution in [0.3, 0.4) is 0 Å². The molecule has 1 heterocycles. The van der Waals surface area contributed by atoms with Crippen molar-refractivity contribution in [3.63, 3.8) is 0 Å². The molecular weight excluding hydrogens is 280 g/mol. The van der Waals surface area contributed by atoms with E-state index in [1.807, 2.05) is 0 Å². The number of amides is 2. The first-order valence-electron chi connectivity index (χ1n) is 6.13. The summed E-state index contributed by atoms with van der Waals surface area (Å²) in [5.74, 6) is -1.64. The molecule has 0 unspecified atom stereocenters. The van der Waals surface area contributed by atoms with Crippen LogP contribution in [0, 0.1) is 0 Å². The van der Waals surface area contributed by atoms with Gasteiger partial charge in [0.15, 0.2) is 0 Å². The smallest absolute Gasteiger partial charge is 0.329 e. The van der Waals surface area contributed by atoms with E-state index in [1.165, 1.54) is 25.7 Å². The summed E-state index contributed by atoms with van der Waals surface area (Å²) in [6.45, 7) is 6.36. The summed E-state index contributed by atoms with van der Waals surface area (Å²) in [6, 6.07) is 3.21. The van der Waals surface area contributed by atoms with Gasteiger partial charge in [0.05, 0.1) is 9.88 Å². The SMILES string of the molecule is CCN(C(=O)c1ccc(NC(C)=O)s1)C(C)(C)C(=O)O. The average molecular weight is 298 g/mol. The van der Waals surface area contributed by atoms with Crippen molar-refractivity contribution < 1.29 is 19.5 Å². The van der Waals surface area contributed by atoms with Gasteiger partial charge in [-0.05, 0) is 32.9 Å². The summed E-state index contributed by atoms with van der Waals surface area (Å²) in [5.41, 5.74) is -1.29. The Kier molecular flexibility index (Phi) is 4.88. The standard InChI is InChI=1S/C13H18N2O4S/c1-5-15(13(3,4)12(18)19)11(17)9-6-7-10(20-9)14-8(2)16/h6-7H,5H2,1-4H3,(H,14,16)(H,18,19). The lowest BCUT2D eigenvalue weighted by molar-refractivity contribution is -0.147. The molecule has 0 aliphatic heterocycles. The van der Waals surface area contributed by atoms with Crippen LogP contribution in [0.25, 0.3) is 0 Å². The second kappa shape index (κ2) is 6.04. The number of carboxylic acids is 1. The van der Waals surface area contributed by atoms with E-state index in [0.717, 1.165) is 11.3 Å². The summed E-state index contributed by atoms with van der Waals surface area (Å²) in [6.07, 6.45) is 0. The van der Waals surface area contributed by atoms with Crippen molar-refractivity contribution in [2.24, 2.45) is 0 Å². The maximum absolute atomic E-state index is 12.4. The number of thiophene rings is 1. The van der Waals surface area contributed by atoms with Gasteiger partial charge in [-0.3, -0.25) is 9.59 Å². The molecule has 0 aromatic carbocycles. The van der Waals surface area contributed by atoms with E-state index in [1.54, 1.807) is 19.1 Å². The third-order valence-electron chi connectivity index (χ3n) is 2.88. The zero-order valence-electron chi connectivity index (χ0n) is 11.9. The van der Waals surface area contributed by atoms with Crippen molar-refractivity contribution in [3.8, 4) is 0 Å². The predicted molar refractivity (Wildman–Crippen MR) is 77.0 cm³/mol. The van der Waals surface area contributed by atoms with Gasteiger partial charge in [-0.25, -0.2) is 4.79 Å². The molecule has 6 nitrogen and oxygen atoms in total. The lowest BCUT2D eigenvalue weighted by Crippen LogP contribution is -2.52. The average Bonchev–Trinajstić information content (AvgIpc) is 2.76. The number of nitrogens with zero attached hydrogens (tertiary/aromatic N) is 1. The van der Waals surface area contributed by atoms with Crippen molar-refractivity contribution in [1.29, 1.82) is 0 Å². The van der Waals surface area contributed by atoms with E-state index in [-0.39, 0.29) is 18.4 Å². The molecule has 0 aliphatic rings. The van der Waals surface area contributed by atoms with Crippen LogP contribution in [0.1, 0.15) is 37.4 Å². The van der Waals surface area contributed by atoms with Gasteiger partial charge in [-0.1, -0.05) is 0 Å². The van der Waals surface area contributed by atoms with Gasteiger partial charge >= 0.3 is 5.97 Å². The molecule has 1 rings (SSSR count). The fourth-order valence-corrected chi connectivity index (χ4v) is 2.64. The van der Waals surface area contributed by atoms with E-state index in [4.69, 9.17) is 0 Å². The third kappa shape index (κ3) is 3.36. The summed E-state index contributed by atoms with van der Waals surface area (Å²) in [4.78, 5) is 36.3. The van der Waals surface area contributed by atoms with Crippen LogP contribution in [0.2, 0.25) is 0 Å². The molecular formula is C13H18N2O4S. The minimum atomic E-state index is -1.29. The first kappa shape index (κ1) is 16.2. The van der Waals surface area contributed by atoms with Crippen molar-refractivity contribution in [2.75, 3.05) is 11.9 Å². The molecule has 0 bridgehead atoms. The summed E-state index contributed by atoms with van der Waals surface area (Å²) in [7, 11) is 0. The summed E-state index contributed by atoms with van der Waals surface area (Å²) < 4.78 is 0. The van der Waals surface area contributed by atoms with E-state index in [2.05, 4.69) is 5.32 Å². The number of carbonyl (C=O) groups is 3. The Balaban J connectivity index is 3.00. The van der Waals surface area contributed by atoms with Crippen molar-refractivity contribution in [1.82, 2.24) is 4.90 Å². The highest BCUT2D eigenvalue weighted by molar-refractivity contribution is 7.18. The maximum atomic E-state index is 12.4. The highest BCUT2D eigenvalue weighted by Gasteiger charge is 2.37. The third-order valence-corrected chi connectivity index (χ3v) is 3.86. The summed E-state index contributed by atoms with van der Waals surface area (Å²) in [5, 5.41) is 12.4. The fourth-order valence-electron chi connectivity index (χ4n) is 1.73. The molecule has 1 aromatic heterocycles. The number of nitrogens with one attached hydrogen (secondary N) is 1. The Morgan fingerprint density at radius 1 is 1.35 bits per heavy atom. The van der Waals surface area contributed by atoms with Crippen LogP contribution < -0.4 is 5.32 Å². The van der Waals surface area contributed by atoms with Gasteiger partial charge < -0.3 is 15.3 Å². The minimum absolute atomic E-state index is 0.218. The number of likely N-dealkylation sites (N-methyl/N-ethyl adjacent to an activating group) is 1. The topological polar surface area (TPSA) is 86.7 Å². The van der Waals surface area contributed by atoms with Crippen LogP contribution in [-0.2, 0) is 9.59 Å². The van der Waals surface area contributed by atoms with Gasteiger partial charge in [-0.2, -0.15) is 0 Å². The first-order chi connectivity index (χ1) is 9.20. The van der Waals surface area contributed by atoms with Crippen LogP contribution in [0.4, 0.5) is 5.00 Å². The molecule has 2 amide bonds. The minimum Gasteiger partial charge on any atom is -0.480 e. The molecule has 110 valence electrons. The molecule has 0 saturated heterocycles. The molecule has 1 aromatic rings. The molecule has 0 spiro atoms. The zero-order chi connectivity index (χ0) is 15.5. The second-order valence-corrected chi connectivity index (χ2v) is 5.84. The number of hydrogen-bond donors (Lipinski definition) is 2. The number of anilines is 1. The molecule has 0 saturated carbocycles. The lowest BCUT2D eigenvalue weighted by atomic mass is 10.0. The summed E-state index contributed by atoms with van der Waals surface area (Å²) >= 11 is 1.12. The molecule has 0 aliphatic carbocycles. The lowest BCUT2D eigenvalue weighted by Gasteiger charge is -2.33. The van der Waals surface area contributed by atoms with Crippen LogP contribution >= 0.6 is 11.3 Å². The Labute approximate surface area is 121 Å². The first-order valence-corrected chi connectivity index (χ1v) is 6.94. The molecule has 0 radical (unpaired) electrons. The Morgan fingerprint density at radius 2 is 1.95 bits per heavy atom.